The number of likely N-dealkylation sites (N-methyl/N-ethyl adjacent to an activating group) is 1. The zero-order chi connectivity index (χ0) is 17.8. The van der Waals surface area contributed by atoms with Gasteiger partial charge in [0.25, 0.3) is 0 Å². The first-order chi connectivity index (χ1) is 12.1. The Morgan fingerprint density at radius 1 is 1.28 bits per heavy atom. The summed E-state index contributed by atoms with van der Waals surface area (Å²) in [6.45, 7) is 4.70. The third kappa shape index (κ3) is 3.99. The van der Waals surface area contributed by atoms with Crippen molar-refractivity contribution in [1.82, 2.24) is 9.88 Å². The van der Waals surface area contributed by atoms with Crippen LogP contribution in [0.4, 0.5) is 5.82 Å². The lowest BCUT2D eigenvalue weighted by atomic mass is 10.1. The third-order valence-corrected chi connectivity index (χ3v) is 4.97. The summed E-state index contributed by atoms with van der Waals surface area (Å²) < 4.78 is 0. The molecule has 1 N–H and O–H groups in total. The summed E-state index contributed by atoms with van der Waals surface area (Å²) in [4.78, 5) is 20.2. The number of anilines is 1. The van der Waals surface area contributed by atoms with Crippen LogP contribution in [-0.4, -0.2) is 47.1 Å². The maximum absolute atomic E-state index is 11.4. The highest BCUT2D eigenvalue weighted by Crippen LogP contribution is 2.24. The molecule has 0 bridgehead atoms. The molecular formula is C20H25N3O2. The van der Waals surface area contributed by atoms with Gasteiger partial charge in [0.1, 0.15) is 11.4 Å². The molecule has 132 valence electrons. The molecule has 5 nitrogen and oxygen atoms in total. The van der Waals surface area contributed by atoms with E-state index >= 15 is 0 Å². The summed E-state index contributed by atoms with van der Waals surface area (Å²) in [5.41, 5.74) is 2.94. The van der Waals surface area contributed by atoms with Crippen LogP contribution in [0.15, 0.2) is 42.6 Å². The van der Waals surface area contributed by atoms with Gasteiger partial charge in [-0.15, -0.1) is 0 Å². The Morgan fingerprint density at radius 2 is 2.00 bits per heavy atom. The number of pyridine rings is 1. The van der Waals surface area contributed by atoms with E-state index in [-0.39, 0.29) is 5.56 Å². The predicted octanol–water partition coefficient (Wildman–Crippen LogP) is 3.05. The van der Waals surface area contributed by atoms with E-state index in [9.17, 15) is 9.90 Å². The molecule has 1 aliphatic heterocycles. The van der Waals surface area contributed by atoms with Gasteiger partial charge in [-0.2, -0.15) is 0 Å². The van der Waals surface area contributed by atoms with Crippen molar-refractivity contribution in [3.63, 3.8) is 0 Å². The number of aromatic carboxylic acids is 1. The van der Waals surface area contributed by atoms with Gasteiger partial charge in [0.15, 0.2) is 0 Å². The zero-order valence-electron chi connectivity index (χ0n) is 14.9. The molecule has 2 heterocycles. The number of carboxylic acids is 1. The monoisotopic (exact) mass is 339 g/mol. The molecule has 1 aliphatic rings. The van der Waals surface area contributed by atoms with Crippen molar-refractivity contribution in [2.24, 2.45) is 0 Å². The van der Waals surface area contributed by atoms with Crippen LogP contribution in [0.5, 0.6) is 0 Å². The number of nitrogens with zero attached hydrogens (tertiary/aromatic N) is 3. The minimum Gasteiger partial charge on any atom is -0.478 e. The fourth-order valence-corrected chi connectivity index (χ4v) is 3.41. The summed E-state index contributed by atoms with van der Waals surface area (Å²) in [5, 5.41) is 9.36. The van der Waals surface area contributed by atoms with E-state index in [1.807, 2.05) is 0 Å². The second-order valence-corrected chi connectivity index (χ2v) is 6.65. The molecule has 3 rings (SSSR count). The highest BCUT2D eigenvalue weighted by Gasteiger charge is 2.28. The summed E-state index contributed by atoms with van der Waals surface area (Å²) in [6.07, 6.45) is 3.73. The Hall–Kier alpha value is -2.40. The first-order valence-corrected chi connectivity index (χ1v) is 8.79. The summed E-state index contributed by atoms with van der Waals surface area (Å²) >= 11 is 0. The Kier molecular flexibility index (Phi) is 5.34. The standard InChI is InChI=1S/C20H25N3O2/c1-3-15-6-8-16(9-7-15)13-22(2)17-10-12-23(14-17)19-18(20(24)25)5-4-11-21-19/h4-9,11,17H,3,10,12-14H2,1-2H3,(H,24,25)/t17-/m0/s1. The zero-order valence-corrected chi connectivity index (χ0v) is 14.9. The molecular weight excluding hydrogens is 314 g/mol. The number of aryl methyl sites for hydroxylation is 1. The van der Waals surface area contributed by atoms with Crippen molar-refractivity contribution in [3.05, 3.63) is 59.3 Å². The predicted molar refractivity (Wildman–Crippen MR) is 99.1 cm³/mol. The molecule has 0 radical (unpaired) electrons. The van der Waals surface area contributed by atoms with E-state index < -0.39 is 5.97 Å². The average Bonchev–Trinajstić information content (AvgIpc) is 3.12. The molecule has 1 saturated heterocycles. The Bertz CT molecular complexity index is 730. The van der Waals surface area contributed by atoms with E-state index in [0.29, 0.717) is 11.9 Å². The lowest BCUT2D eigenvalue weighted by molar-refractivity contribution is 0.0697. The molecule has 0 aliphatic carbocycles. The third-order valence-electron chi connectivity index (χ3n) is 4.97. The van der Waals surface area contributed by atoms with E-state index in [0.717, 1.165) is 32.5 Å². The minimum atomic E-state index is -0.920. The lowest BCUT2D eigenvalue weighted by Gasteiger charge is -2.25. The van der Waals surface area contributed by atoms with Crippen LogP contribution >= 0.6 is 0 Å². The van der Waals surface area contributed by atoms with Gasteiger partial charge in [0.2, 0.25) is 0 Å². The largest absolute Gasteiger partial charge is 0.478 e. The summed E-state index contributed by atoms with van der Waals surface area (Å²) in [7, 11) is 2.14. The van der Waals surface area contributed by atoms with Gasteiger partial charge < -0.3 is 10.0 Å². The fraction of sp³-hybridized carbons (Fsp3) is 0.400. The van der Waals surface area contributed by atoms with Gasteiger partial charge in [-0.05, 0) is 43.1 Å². The van der Waals surface area contributed by atoms with Crippen molar-refractivity contribution < 1.29 is 9.90 Å². The minimum absolute atomic E-state index is 0.279. The summed E-state index contributed by atoms with van der Waals surface area (Å²) in [5.74, 6) is -0.339. The SMILES string of the molecule is CCc1ccc(CN(C)[C@H]2CCN(c3ncccc3C(=O)O)C2)cc1. The normalized spacial score (nSPS) is 17.2. The number of hydrogen-bond acceptors (Lipinski definition) is 4. The van der Waals surface area contributed by atoms with Crippen molar-refractivity contribution >= 4 is 11.8 Å². The molecule has 5 heteroatoms. The topological polar surface area (TPSA) is 56.7 Å². The van der Waals surface area contributed by atoms with Crippen molar-refractivity contribution in [2.45, 2.75) is 32.4 Å². The number of carbonyl (C=O) groups is 1. The van der Waals surface area contributed by atoms with Crippen molar-refractivity contribution in [1.29, 1.82) is 0 Å². The van der Waals surface area contributed by atoms with E-state index in [1.165, 1.54) is 11.1 Å². The summed E-state index contributed by atoms with van der Waals surface area (Å²) in [6, 6.07) is 12.5. The maximum atomic E-state index is 11.4. The van der Waals surface area contributed by atoms with Crippen molar-refractivity contribution in [2.75, 3.05) is 25.0 Å². The van der Waals surface area contributed by atoms with Gasteiger partial charge >= 0.3 is 5.97 Å². The van der Waals surface area contributed by atoms with Crippen LogP contribution in [0.25, 0.3) is 0 Å². The number of aromatic nitrogens is 1. The van der Waals surface area contributed by atoms with Gasteiger partial charge in [-0.25, -0.2) is 9.78 Å². The molecule has 0 unspecified atom stereocenters. The van der Waals surface area contributed by atoms with E-state index in [2.05, 4.69) is 53.0 Å². The first-order valence-electron chi connectivity index (χ1n) is 8.79. The van der Waals surface area contributed by atoms with Gasteiger partial charge in [-0.1, -0.05) is 31.2 Å². The van der Waals surface area contributed by atoms with E-state index in [1.54, 1.807) is 18.3 Å². The molecule has 25 heavy (non-hydrogen) atoms. The Balaban J connectivity index is 1.65. The second kappa shape index (κ2) is 7.66. The quantitative estimate of drug-likeness (QED) is 0.876. The van der Waals surface area contributed by atoms with Crippen LogP contribution < -0.4 is 4.90 Å². The molecule has 1 aromatic carbocycles. The van der Waals surface area contributed by atoms with Crippen LogP contribution in [0.2, 0.25) is 0 Å². The van der Waals surface area contributed by atoms with Gasteiger partial charge in [0.05, 0.1) is 0 Å². The first kappa shape index (κ1) is 17.4. The van der Waals surface area contributed by atoms with Crippen LogP contribution in [0.1, 0.15) is 34.8 Å². The lowest BCUT2D eigenvalue weighted by Crippen LogP contribution is -2.34. The number of benzene rings is 1. The molecule has 0 amide bonds. The molecule has 0 spiro atoms. The number of rotatable bonds is 6. The maximum Gasteiger partial charge on any atom is 0.339 e. The number of hydrogen-bond donors (Lipinski definition) is 1. The smallest absolute Gasteiger partial charge is 0.339 e. The highest BCUT2D eigenvalue weighted by atomic mass is 16.4. The van der Waals surface area contributed by atoms with Crippen LogP contribution in [-0.2, 0) is 13.0 Å². The van der Waals surface area contributed by atoms with Gasteiger partial charge in [0, 0.05) is 31.9 Å². The molecule has 2 aromatic rings. The average molecular weight is 339 g/mol. The van der Waals surface area contributed by atoms with Crippen LogP contribution in [0, 0.1) is 0 Å². The Labute approximate surface area is 148 Å². The Morgan fingerprint density at radius 3 is 2.68 bits per heavy atom. The van der Waals surface area contributed by atoms with Gasteiger partial charge in [-0.3, -0.25) is 4.90 Å². The second-order valence-electron chi connectivity index (χ2n) is 6.65. The van der Waals surface area contributed by atoms with Crippen molar-refractivity contribution in [3.8, 4) is 0 Å². The molecule has 1 fully saturated rings. The molecule has 0 saturated carbocycles. The molecule has 1 atom stereocenters. The highest BCUT2D eigenvalue weighted by molar-refractivity contribution is 5.93. The number of carboxylic acid groups (broad SMARTS) is 1. The van der Waals surface area contributed by atoms with Crippen LogP contribution in [0.3, 0.4) is 0 Å². The molecule has 1 aromatic heterocycles. The fourth-order valence-electron chi connectivity index (χ4n) is 3.41. The van der Waals surface area contributed by atoms with E-state index in [4.69, 9.17) is 0 Å².